The summed E-state index contributed by atoms with van der Waals surface area (Å²) < 4.78 is 0. The predicted octanol–water partition coefficient (Wildman–Crippen LogP) is 0.356. The van der Waals surface area contributed by atoms with Crippen LogP contribution in [0.4, 0.5) is 0 Å². The van der Waals surface area contributed by atoms with Gasteiger partial charge in [-0.25, -0.2) is 0 Å². The number of carboxylic acids is 1. The first-order valence-corrected chi connectivity index (χ1v) is 5.86. The fourth-order valence-corrected chi connectivity index (χ4v) is 1.98. The molecule has 1 amide bonds. The molecule has 5 nitrogen and oxygen atoms in total. The first-order chi connectivity index (χ1) is 7.63. The van der Waals surface area contributed by atoms with Gasteiger partial charge in [0.05, 0.1) is 12.3 Å². The molecule has 1 aliphatic rings. The molecule has 1 saturated heterocycles. The fourth-order valence-electron chi connectivity index (χ4n) is 1.98. The van der Waals surface area contributed by atoms with Crippen molar-refractivity contribution in [1.82, 2.24) is 10.6 Å². The molecule has 3 N–H and O–H groups in total. The van der Waals surface area contributed by atoms with E-state index in [1.165, 1.54) is 0 Å². The average Bonchev–Trinajstić information content (AvgIpc) is 2.69. The van der Waals surface area contributed by atoms with Crippen LogP contribution in [0.15, 0.2) is 0 Å². The highest BCUT2D eigenvalue weighted by Crippen LogP contribution is 2.09. The van der Waals surface area contributed by atoms with E-state index in [2.05, 4.69) is 10.6 Å². The van der Waals surface area contributed by atoms with Crippen molar-refractivity contribution < 1.29 is 14.7 Å². The van der Waals surface area contributed by atoms with Gasteiger partial charge in [0.2, 0.25) is 5.91 Å². The largest absolute Gasteiger partial charge is 0.481 e. The maximum atomic E-state index is 11.8. The summed E-state index contributed by atoms with van der Waals surface area (Å²) in [6.45, 7) is 3.56. The zero-order valence-corrected chi connectivity index (χ0v) is 9.66. The monoisotopic (exact) mass is 228 g/mol. The number of hydrogen-bond acceptors (Lipinski definition) is 3. The van der Waals surface area contributed by atoms with Crippen LogP contribution in [-0.4, -0.2) is 36.1 Å². The number of carbonyl (C=O) groups excluding carboxylic acids is 1. The first-order valence-electron chi connectivity index (χ1n) is 5.86. The van der Waals surface area contributed by atoms with Crippen LogP contribution in [0.2, 0.25) is 0 Å². The Hall–Kier alpha value is -1.10. The Morgan fingerprint density at radius 2 is 2.31 bits per heavy atom. The van der Waals surface area contributed by atoms with Crippen LogP contribution in [0, 0.1) is 5.92 Å². The van der Waals surface area contributed by atoms with Gasteiger partial charge in [-0.3, -0.25) is 9.59 Å². The van der Waals surface area contributed by atoms with Crippen molar-refractivity contribution in [3.8, 4) is 0 Å². The molecule has 1 fully saturated rings. The molecule has 1 heterocycles. The fraction of sp³-hybridized carbons (Fsp3) is 0.818. The molecule has 0 aromatic rings. The molecule has 2 atom stereocenters. The minimum absolute atomic E-state index is 0.00755. The summed E-state index contributed by atoms with van der Waals surface area (Å²) in [6.07, 6.45) is 2.46. The lowest BCUT2D eigenvalue weighted by atomic mass is 10.0. The van der Waals surface area contributed by atoms with Crippen LogP contribution in [-0.2, 0) is 9.59 Å². The van der Waals surface area contributed by atoms with E-state index in [0.717, 1.165) is 25.8 Å². The standard InChI is InChI=1S/C11H20N2O3/c1-2-3-9(6-10(14)15)13-11(16)8-4-5-12-7-8/h8-9,12H,2-7H2,1H3,(H,13,16)(H,14,15). The molecule has 0 spiro atoms. The summed E-state index contributed by atoms with van der Waals surface area (Å²) in [5.74, 6) is -0.860. The van der Waals surface area contributed by atoms with Gasteiger partial charge in [-0.2, -0.15) is 0 Å². The minimum atomic E-state index is -0.858. The van der Waals surface area contributed by atoms with Crippen LogP contribution in [0.3, 0.4) is 0 Å². The number of rotatable bonds is 6. The zero-order chi connectivity index (χ0) is 12.0. The lowest BCUT2D eigenvalue weighted by Crippen LogP contribution is -2.40. The van der Waals surface area contributed by atoms with Crippen molar-refractivity contribution in [2.45, 2.75) is 38.6 Å². The molecule has 0 aliphatic carbocycles. The van der Waals surface area contributed by atoms with Crippen LogP contribution < -0.4 is 10.6 Å². The van der Waals surface area contributed by atoms with Crippen molar-refractivity contribution >= 4 is 11.9 Å². The predicted molar refractivity (Wildman–Crippen MR) is 60.1 cm³/mol. The minimum Gasteiger partial charge on any atom is -0.481 e. The summed E-state index contributed by atoms with van der Waals surface area (Å²) in [5.41, 5.74) is 0. The van der Waals surface area contributed by atoms with Crippen molar-refractivity contribution in [2.24, 2.45) is 5.92 Å². The molecular weight excluding hydrogens is 208 g/mol. The SMILES string of the molecule is CCCC(CC(=O)O)NC(=O)C1CCNC1. The highest BCUT2D eigenvalue weighted by Gasteiger charge is 2.24. The maximum Gasteiger partial charge on any atom is 0.305 e. The van der Waals surface area contributed by atoms with Gasteiger partial charge in [-0.05, 0) is 19.4 Å². The van der Waals surface area contributed by atoms with Crippen molar-refractivity contribution in [3.63, 3.8) is 0 Å². The summed E-state index contributed by atoms with van der Waals surface area (Å²) in [5, 5.41) is 14.7. The normalized spacial score (nSPS) is 21.7. The van der Waals surface area contributed by atoms with Gasteiger partial charge in [-0.1, -0.05) is 13.3 Å². The van der Waals surface area contributed by atoms with E-state index in [0.29, 0.717) is 6.54 Å². The van der Waals surface area contributed by atoms with Gasteiger partial charge in [0.25, 0.3) is 0 Å². The Labute approximate surface area is 95.6 Å². The van der Waals surface area contributed by atoms with Gasteiger partial charge in [0.1, 0.15) is 0 Å². The Morgan fingerprint density at radius 3 is 2.81 bits per heavy atom. The van der Waals surface area contributed by atoms with E-state index in [1.807, 2.05) is 6.92 Å². The molecule has 2 unspecified atom stereocenters. The molecule has 1 aliphatic heterocycles. The third-order valence-electron chi connectivity index (χ3n) is 2.84. The van der Waals surface area contributed by atoms with E-state index < -0.39 is 5.97 Å². The Morgan fingerprint density at radius 1 is 1.56 bits per heavy atom. The molecule has 0 aromatic carbocycles. The van der Waals surface area contributed by atoms with Gasteiger partial charge in [0.15, 0.2) is 0 Å². The molecular formula is C11H20N2O3. The van der Waals surface area contributed by atoms with E-state index in [1.54, 1.807) is 0 Å². The summed E-state index contributed by atoms with van der Waals surface area (Å²) in [4.78, 5) is 22.4. The Balaban J connectivity index is 2.39. The smallest absolute Gasteiger partial charge is 0.305 e. The number of hydrogen-bond donors (Lipinski definition) is 3. The number of nitrogens with one attached hydrogen (secondary N) is 2. The topological polar surface area (TPSA) is 78.4 Å². The van der Waals surface area contributed by atoms with E-state index >= 15 is 0 Å². The molecule has 5 heteroatoms. The molecule has 0 aromatic heterocycles. The Kier molecular flexibility index (Phi) is 5.25. The number of aliphatic carboxylic acids is 1. The number of amides is 1. The second kappa shape index (κ2) is 6.48. The molecule has 0 bridgehead atoms. The van der Waals surface area contributed by atoms with Gasteiger partial charge < -0.3 is 15.7 Å². The lowest BCUT2D eigenvalue weighted by molar-refractivity contribution is -0.137. The van der Waals surface area contributed by atoms with Crippen LogP contribution in [0.25, 0.3) is 0 Å². The lowest BCUT2D eigenvalue weighted by Gasteiger charge is -2.18. The van der Waals surface area contributed by atoms with Crippen LogP contribution in [0.5, 0.6) is 0 Å². The molecule has 0 radical (unpaired) electrons. The zero-order valence-electron chi connectivity index (χ0n) is 9.66. The first kappa shape index (κ1) is 13.0. The number of carbonyl (C=O) groups is 2. The molecule has 1 rings (SSSR count). The molecule has 0 saturated carbocycles. The highest BCUT2D eigenvalue weighted by atomic mass is 16.4. The summed E-state index contributed by atoms with van der Waals surface area (Å²) in [7, 11) is 0. The van der Waals surface area contributed by atoms with Crippen LogP contribution >= 0.6 is 0 Å². The van der Waals surface area contributed by atoms with Crippen LogP contribution in [0.1, 0.15) is 32.6 Å². The molecule has 92 valence electrons. The Bertz CT molecular complexity index is 250. The summed E-state index contributed by atoms with van der Waals surface area (Å²) in [6, 6.07) is -0.226. The van der Waals surface area contributed by atoms with E-state index in [9.17, 15) is 9.59 Å². The average molecular weight is 228 g/mol. The highest BCUT2D eigenvalue weighted by molar-refractivity contribution is 5.80. The molecule has 16 heavy (non-hydrogen) atoms. The second-order valence-corrected chi connectivity index (χ2v) is 4.28. The van der Waals surface area contributed by atoms with Crippen molar-refractivity contribution in [3.05, 3.63) is 0 Å². The quantitative estimate of drug-likeness (QED) is 0.613. The van der Waals surface area contributed by atoms with Gasteiger partial charge in [-0.15, -0.1) is 0 Å². The van der Waals surface area contributed by atoms with Gasteiger partial charge >= 0.3 is 5.97 Å². The third kappa shape index (κ3) is 4.18. The number of carboxylic acid groups (broad SMARTS) is 1. The second-order valence-electron chi connectivity index (χ2n) is 4.28. The third-order valence-corrected chi connectivity index (χ3v) is 2.84. The summed E-state index contributed by atoms with van der Waals surface area (Å²) >= 11 is 0. The van der Waals surface area contributed by atoms with E-state index in [-0.39, 0.29) is 24.3 Å². The van der Waals surface area contributed by atoms with Gasteiger partial charge in [0, 0.05) is 12.6 Å². The van der Waals surface area contributed by atoms with E-state index in [4.69, 9.17) is 5.11 Å². The maximum absolute atomic E-state index is 11.8. The van der Waals surface area contributed by atoms with Crippen molar-refractivity contribution in [2.75, 3.05) is 13.1 Å². The van der Waals surface area contributed by atoms with Crippen molar-refractivity contribution in [1.29, 1.82) is 0 Å².